The molecule has 4 heteroatoms. The zero-order valence-electron chi connectivity index (χ0n) is 11.8. The molecular formula is C15H22N2O2. The second-order valence-corrected chi connectivity index (χ2v) is 5.43. The lowest BCUT2D eigenvalue weighted by atomic mass is 10.0. The number of nitrogens with two attached hydrogens (primary N) is 1. The number of hydrogen-bond acceptors (Lipinski definition) is 3. The Labute approximate surface area is 114 Å². The van der Waals surface area contributed by atoms with E-state index in [0.717, 1.165) is 0 Å². The van der Waals surface area contributed by atoms with Gasteiger partial charge in [-0.05, 0) is 25.0 Å². The molecule has 104 valence electrons. The standard InChI is InChI=1S/C15H22N2O2/c1-10-4-5-12(11(2)6-10)7-17(3)15(18)13-8-19-9-14(13)16/h4-6,13-14H,7-9,16H2,1-3H3. The van der Waals surface area contributed by atoms with Crippen molar-refractivity contribution in [2.45, 2.75) is 26.4 Å². The molecule has 2 N–H and O–H groups in total. The number of nitrogens with zero attached hydrogens (tertiary/aromatic N) is 1. The molecule has 1 saturated heterocycles. The third-order valence-electron chi connectivity index (χ3n) is 3.72. The second kappa shape index (κ2) is 5.72. The van der Waals surface area contributed by atoms with Crippen molar-refractivity contribution < 1.29 is 9.53 Å². The molecule has 0 bridgehead atoms. The number of hydrogen-bond donors (Lipinski definition) is 1. The predicted molar refractivity (Wildman–Crippen MR) is 74.7 cm³/mol. The smallest absolute Gasteiger partial charge is 0.229 e. The van der Waals surface area contributed by atoms with E-state index in [0.29, 0.717) is 19.8 Å². The molecule has 1 aliphatic rings. The molecule has 0 aromatic heterocycles. The van der Waals surface area contributed by atoms with Crippen molar-refractivity contribution in [2.24, 2.45) is 11.7 Å². The first kappa shape index (κ1) is 14.0. The average Bonchev–Trinajstić information content (AvgIpc) is 2.78. The maximum atomic E-state index is 12.3. The van der Waals surface area contributed by atoms with Crippen molar-refractivity contribution in [1.29, 1.82) is 0 Å². The largest absolute Gasteiger partial charge is 0.379 e. The van der Waals surface area contributed by atoms with Gasteiger partial charge in [-0.3, -0.25) is 4.79 Å². The van der Waals surface area contributed by atoms with Crippen LogP contribution in [-0.4, -0.2) is 37.1 Å². The molecule has 0 saturated carbocycles. The molecule has 2 rings (SSSR count). The molecule has 2 unspecified atom stereocenters. The maximum absolute atomic E-state index is 12.3. The Hall–Kier alpha value is -1.39. The molecule has 4 nitrogen and oxygen atoms in total. The van der Waals surface area contributed by atoms with Gasteiger partial charge in [0.25, 0.3) is 0 Å². The fourth-order valence-electron chi connectivity index (χ4n) is 2.46. The molecule has 1 aliphatic heterocycles. The highest BCUT2D eigenvalue weighted by Crippen LogP contribution is 2.17. The van der Waals surface area contributed by atoms with Crippen molar-refractivity contribution in [3.63, 3.8) is 0 Å². The third-order valence-corrected chi connectivity index (χ3v) is 3.72. The molecule has 19 heavy (non-hydrogen) atoms. The number of ether oxygens (including phenoxy) is 1. The summed E-state index contributed by atoms with van der Waals surface area (Å²) >= 11 is 0. The summed E-state index contributed by atoms with van der Waals surface area (Å²) in [5.41, 5.74) is 9.52. The van der Waals surface area contributed by atoms with E-state index in [1.165, 1.54) is 16.7 Å². The highest BCUT2D eigenvalue weighted by atomic mass is 16.5. The lowest BCUT2D eigenvalue weighted by molar-refractivity contribution is -0.135. The minimum atomic E-state index is -0.198. The van der Waals surface area contributed by atoms with E-state index in [1.807, 2.05) is 7.05 Å². The van der Waals surface area contributed by atoms with Crippen LogP contribution >= 0.6 is 0 Å². The van der Waals surface area contributed by atoms with Gasteiger partial charge in [-0.15, -0.1) is 0 Å². The molecule has 1 aromatic carbocycles. The van der Waals surface area contributed by atoms with E-state index in [1.54, 1.807) is 4.90 Å². The topological polar surface area (TPSA) is 55.6 Å². The summed E-state index contributed by atoms with van der Waals surface area (Å²) in [6.45, 7) is 5.69. The Kier molecular flexibility index (Phi) is 4.22. The van der Waals surface area contributed by atoms with Gasteiger partial charge in [-0.1, -0.05) is 23.8 Å². The number of rotatable bonds is 3. The number of carbonyl (C=O) groups is 1. The number of benzene rings is 1. The molecule has 2 atom stereocenters. The van der Waals surface area contributed by atoms with Crippen LogP contribution in [0.25, 0.3) is 0 Å². The average molecular weight is 262 g/mol. The first-order valence-electron chi connectivity index (χ1n) is 6.63. The van der Waals surface area contributed by atoms with Gasteiger partial charge >= 0.3 is 0 Å². The van der Waals surface area contributed by atoms with Gasteiger partial charge in [0, 0.05) is 19.6 Å². The summed E-state index contributed by atoms with van der Waals surface area (Å²) in [6.07, 6.45) is 0. The minimum Gasteiger partial charge on any atom is -0.379 e. The minimum absolute atomic E-state index is 0.0741. The zero-order valence-corrected chi connectivity index (χ0v) is 11.8. The van der Waals surface area contributed by atoms with Crippen LogP contribution in [0, 0.1) is 19.8 Å². The number of amides is 1. The highest BCUT2D eigenvalue weighted by molar-refractivity contribution is 5.79. The zero-order chi connectivity index (χ0) is 14.0. The van der Waals surface area contributed by atoms with Crippen LogP contribution < -0.4 is 5.73 Å². The van der Waals surface area contributed by atoms with Crippen LogP contribution in [0.4, 0.5) is 0 Å². The van der Waals surface area contributed by atoms with Crippen molar-refractivity contribution >= 4 is 5.91 Å². The highest BCUT2D eigenvalue weighted by Gasteiger charge is 2.33. The Morgan fingerprint density at radius 3 is 2.74 bits per heavy atom. The Morgan fingerprint density at radius 1 is 1.42 bits per heavy atom. The summed E-state index contributed by atoms with van der Waals surface area (Å²) in [4.78, 5) is 14.1. The summed E-state index contributed by atoms with van der Waals surface area (Å²) in [5.74, 6) is -0.124. The summed E-state index contributed by atoms with van der Waals surface area (Å²) in [7, 11) is 1.83. The van der Waals surface area contributed by atoms with Crippen LogP contribution in [0.2, 0.25) is 0 Å². The lowest BCUT2D eigenvalue weighted by Gasteiger charge is -2.23. The molecule has 1 fully saturated rings. The summed E-state index contributed by atoms with van der Waals surface area (Å²) < 4.78 is 5.26. The van der Waals surface area contributed by atoms with Gasteiger partial charge in [0.15, 0.2) is 0 Å². The molecular weight excluding hydrogens is 240 g/mol. The van der Waals surface area contributed by atoms with E-state index in [4.69, 9.17) is 10.5 Å². The Morgan fingerprint density at radius 2 is 2.16 bits per heavy atom. The van der Waals surface area contributed by atoms with Gasteiger partial charge in [-0.2, -0.15) is 0 Å². The van der Waals surface area contributed by atoms with Crippen molar-refractivity contribution in [3.8, 4) is 0 Å². The van der Waals surface area contributed by atoms with E-state index >= 15 is 0 Å². The fourth-order valence-corrected chi connectivity index (χ4v) is 2.46. The molecule has 1 amide bonds. The molecule has 0 aliphatic carbocycles. The summed E-state index contributed by atoms with van der Waals surface area (Å²) in [5, 5.41) is 0. The molecule has 1 aromatic rings. The van der Waals surface area contributed by atoms with Crippen LogP contribution in [0.1, 0.15) is 16.7 Å². The number of carbonyl (C=O) groups excluding carboxylic acids is 1. The van der Waals surface area contributed by atoms with E-state index in [2.05, 4.69) is 32.0 Å². The van der Waals surface area contributed by atoms with Gasteiger partial charge in [0.1, 0.15) is 0 Å². The van der Waals surface area contributed by atoms with E-state index in [9.17, 15) is 4.79 Å². The molecule has 0 spiro atoms. The van der Waals surface area contributed by atoms with Gasteiger partial charge in [0.2, 0.25) is 5.91 Å². The molecule has 0 radical (unpaired) electrons. The lowest BCUT2D eigenvalue weighted by Crippen LogP contribution is -2.41. The maximum Gasteiger partial charge on any atom is 0.229 e. The van der Waals surface area contributed by atoms with Gasteiger partial charge in [0.05, 0.1) is 19.1 Å². The summed E-state index contributed by atoms with van der Waals surface area (Å²) in [6, 6.07) is 6.12. The Balaban J connectivity index is 2.04. The van der Waals surface area contributed by atoms with Crippen molar-refractivity contribution in [1.82, 2.24) is 4.90 Å². The van der Waals surface area contributed by atoms with Crippen LogP contribution in [0.3, 0.4) is 0 Å². The first-order valence-corrected chi connectivity index (χ1v) is 6.63. The molecule has 1 heterocycles. The monoisotopic (exact) mass is 262 g/mol. The van der Waals surface area contributed by atoms with E-state index < -0.39 is 0 Å². The quantitative estimate of drug-likeness (QED) is 0.891. The van der Waals surface area contributed by atoms with Crippen LogP contribution in [0.5, 0.6) is 0 Å². The van der Waals surface area contributed by atoms with Gasteiger partial charge in [-0.25, -0.2) is 0 Å². The van der Waals surface area contributed by atoms with Crippen LogP contribution in [0.15, 0.2) is 18.2 Å². The second-order valence-electron chi connectivity index (χ2n) is 5.43. The SMILES string of the molecule is Cc1ccc(CN(C)C(=O)C2COCC2N)c(C)c1. The third kappa shape index (κ3) is 3.14. The predicted octanol–water partition coefficient (Wildman–Crippen LogP) is 1.24. The normalized spacial score (nSPS) is 22.5. The fraction of sp³-hybridized carbons (Fsp3) is 0.533. The first-order chi connectivity index (χ1) is 8.99. The van der Waals surface area contributed by atoms with Gasteiger partial charge < -0.3 is 15.4 Å². The van der Waals surface area contributed by atoms with Crippen molar-refractivity contribution in [3.05, 3.63) is 34.9 Å². The Bertz CT molecular complexity index is 473. The number of aryl methyl sites for hydroxylation is 2. The van der Waals surface area contributed by atoms with E-state index in [-0.39, 0.29) is 17.9 Å². The van der Waals surface area contributed by atoms with Crippen molar-refractivity contribution in [2.75, 3.05) is 20.3 Å². The van der Waals surface area contributed by atoms with Crippen LogP contribution in [-0.2, 0) is 16.1 Å².